The van der Waals surface area contributed by atoms with Crippen molar-refractivity contribution in [3.05, 3.63) is 23.3 Å². The molecule has 3 rings (SSSR count). The molecule has 3 heterocycles. The monoisotopic (exact) mass is 407 g/mol. The van der Waals surface area contributed by atoms with Crippen molar-refractivity contribution in [1.82, 2.24) is 19.5 Å². The zero-order chi connectivity index (χ0) is 12.9. The van der Waals surface area contributed by atoms with E-state index in [2.05, 4.69) is 15.0 Å². The summed E-state index contributed by atoms with van der Waals surface area (Å²) < 4.78 is 6.46. The van der Waals surface area contributed by atoms with Crippen LogP contribution in [0.25, 0.3) is 11.2 Å². The Morgan fingerprint density at radius 2 is 2.20 bits per heavy atom. The molecule has 104 valence electrons. The molecule has 1 aliphatic rings. The third kappa shape index (κ3) is 2.79. The molecule has 10 nitrogen and oxygen atoms in total. The summed E-state index contributed by atoms with van der Waals surface area (Å²) in [6.45, 7) is 1.11. The largest absolute Gasteiger partial charge is 2.00 e. The van der Waals surface area contributed by atoms with Crippen LogP contribution in [0.5, 0.6) is 0 Å². The Hall–Kier alpha value is -0.439. The van der Waals surface area contributed by atoms with Crippen LogP contribution in [0.1, 0.15) is 6.23 Å². The van der Waals surface area contributed by atoms with Crippen molar-refractivity contribution in [2.45, 2.75) is 18.4 Å². The first kappa shape index (κ1) is 17.6. The summed E-state index contributed by atoms with van der Waals surface area (Å²) in [5.41, 5.74) is 5.23. The molecule has 3 atom stereocenters. The molecule has 1 saturated heterocycles. The minimum Gasteiger partial charge on any atom is -0.870 e. The average Bonchev–Trinajstić information content (AvgIpc) is 2.85. The van der Waals surface area contributed by atoms with Crippen LogP contribution in [0.15, 0.2) is 11.1 Å². The third-order valence-electron chi connectivity index (χ3n) is 2.72. The van der Waals surface area contributed by atoms with Gasteiger partial charge in [0.2, 0.25) is 5.95 Å². The third-order valence-corrected chi connectivity index (χ3v) is 2.72. The van der Waals surface area contributed by atoms with Crippen molar-refractivity contribution in [2.75, 3.05) is 5.73 Å². The van der Waals surface area contributed by atoms with Crippen molar-refractivity contribution >= 4 is 66.0 Å². The predicted molar refractivity (Wildman–Crippen MR) is 66.7 cm³/mol. The van der Waals surface area contributed by atoms with E-state index in [4.69, 9.17) is 10.5 Å². The summed E-state index contributed by atoms with van der Waals surface area (Å²) in [6.07, 6.45) is -1.86. The van der Waals surface area contributed by atoms with Crippen molar-refractivity contribution in [1.29, 1.82) is 0 Å². The van der Waals surface area contributed by atoms with Gasteiger partial charge in [-0.25, -0.2) is 4.98 Å². The van der Waals surface area contributed by atoms with Gasteiger partial charge in [0.1, 0.15) is 6.23 Å². The number of anilines is 1. The Bertz CT molecular complexity index is 658. The topological polar surface area (TPSA) is 169 Å². The normalized spacial score (nSPS) is 25.2. The Labute approximate surface area is 152 Å². The number of nitrogens with zero attached hydrogens (tertiary/aromatic N) is 3. The average molecular weight is 407 g/mol. The summed E-state index contributed by atoms with van der Waals surface area (Å²) in [5.74, 6) is -0.0636. The van der Waals surface area contributed by atoms with E-state index in [9.17, 15) is 15.0 Å². The van der Waals surface area contributed by atoms with Gasteiger partial charge in [0.05, 0.1) is 12.4 Å². The number of nitrogen functional groups attached to an aromatic ring is 1. The van der Waals surface area contributed by atoms with Gasteiger partial charge < -0.3 is 26.2 Å². The second-order valence-corrected chi connectivity index (χ2v) is 3.92. The smallest absolute Gasteiger partial charge is 0.870 e. The minimum absolute atomic E-state index is 0. The molecular weight excluding hydrogens is 395 g/mol. The van der Waals surface area contributed by atoms with Crippen molar-refractivity contribution in [3.8, 4) is 0 Å². The molecule has 6 N–H and O–H groups in total. The SMILES string of the molecule is Nc1nc2c(ncn2[C@@H]2O[CH-][C@@H](O)[C@H]2O)c(=O)[nH]1.[Ba+2].[OH-]. The molecule has 0 saturated carbocycles. The van der Waals surface area contributed by atoms with Crippen molar-refractivity contribution in [2.24, 2.45) is 0 Å². The maximum Gasteiger partial charge on any atom is 2.00 e. The van der Waals surface area contributed by atoms with E-state index < -0.39 is 24.0 Å². The molecule has 2 aromatic rings. The second kappa shape index (κ2) is 6.55. The van der Waals surface area contributed by atoms with Gasteiger partial charge in [0.15, 0.2) is 11.2 Å². The van der Waals surface area contributed by atoms with Gasteiger partial charge in [-0.2, -0.15) is 11.6 Å². The first-order valence-corrected chi connectivity index (χ1v) is 5.15. The first-order chi connectivity index (χ1) is 8.58. The number of H-pyrrole nitrogens is 1. The summed E-state index contributed by atoms with van der Waals surface area (Å²) >= 11 is 0. The number of rotatable bonds is 1. The number of nitrogens with one attached hydrogen (secondary N) is 1. The van der Waals surface area contributed by atoms with Crippen LogP contribution < -0.4 is 11.3 Å². The molecule has 0 bridgehead atoms. The molecular formula is C9H11BaN5O5. The number of hydrogen-bond donors (Lipinski definition) is 4. The number of aromatic amines is 1. The van der Waals surface area contributed by atoms with Crippen LogP contribution in [0.4, 0.5) is 5.95 Å². The van der Waals surface area contributed by atoms with E-state index in [0.717, 1.165) is 6.61 Å². The van der Waals surface area contributed by atoms with Crippen molar-refractivity contribution in [3.63, 3.8) is 0 Å². The fraction of sp³-hybridized carbons (Fsp3) is 0.333. The zero-order valence-electron chi connectivity index (χ0n) is 10.2. The van der Waals surface area contributed by atoms with Gasteiger partial charge in [-0.05, 0) is 6.10 Å². The molecule has 0 radical (unpaired) electrons. The molecule has 20 heavy (non-hydrogen) atoms. The van der Waals surface area contributed by atoms with E-state index in [-0.39, 0.29) is 71.5 Å². The van der Waals surface area contributed by atoms with Crippen molar-refractivity contribution < 1.29 is 20.4 Å². The van der Waals surface area contributed by atoms with Gasteiger partial charge in [0, 0.05) is 0 Å². The number of imidazole rings is 1. The van der Waals surface area contributed by atoms with Gasteiger partial charge in [-0.1, -0.05) is 0 Å². The molecule has 11 heteroatoms. The van der Waals surface area contributed by atoms with E-state index >= 15 is 0 Å². The van der Waals surface area contributed by atoms with E-state index in [0.29, 0.717) is 0 Å². The Morgan fingerprint density at radius 1 is 1.50 bits per heavy atom. The fourth-order valence-corrected chi connectivity index (χ4v) is 1.85. The molecule has 0 unspecified atom stereocenters. The quantitative estimate of drug-likeness (QED) is 0.299. The number of ether oxygens (including phenoxy) is 1. The minimum atomic E-state index is -1.16. The summed E-state index contributed by atoms with van der Waals surface area (Å²) in [5, 5.41) is 19.1. The van der Waals surface area contributed by atoms with E-state index in [1.807, 2.05) is 0 Å². The molecule has 0 spiro atoms. The first-order valence-electron chi connectivity index (χ1n) is 5.15. The van der Waals surface area contributed by atoms with Crippen LogP contribution in [-0.2, 0) is 4.74 Å². The summed E-state index contributed by atoms with van der Waals surface area (Å²) in [4.78, 5) is 21.7. The van der Waals surface area contributed by atoms with E-state index in [1.54, 1.807) is 0 Å². The number of hydrogen-bond acceptors (Lipinski definition) is 8. The number of fused-ring (bicyclic) bond motifs is 1. The Morgan fingerprint density at radius 3 is 2.80 bits per heavy atom. The fourth-order valence-electron chi connectivity index (χ4n) is 1.85. The van der Waals surface area contributed by atoms with Gasteiger partial charge >= 0.3 is 48.9 Å². The van der Waals surface area contributed by atoms with Crippen LogP contribution in [0.3, 0.4) is 0 Å². The van der Waals surface area contributed by atoms with Crippen LogP contribution >= 0.6 is 0 Å². The molecule has 1 fully saturated rings. The van der Waals surface area contributed by atoms with Crippen LogP contribution in [0, 0.1) is 6.61 Å². The maximum atomic E-state index is 11.6. The molecule has 0 aliphatic carbocycles. The number of nitrogens with two attached hydrogens (primary N) is 1. The Balaban J connectivity index is 0.000001000. The van der Waals surface area contributed by atoms with Gasteiger partial charge in [0.25, 0.3) is 5.56 Å². The number of aromatic nitrogens is 4. The number of aliphatic hydroxyl groups is 2. The number of aliphatic hydroxyl groups excluding tert-OH is 2. The van der Waals surface area contributed by atoms with Gasteiger partial charge in [-0.3, -0.25) is 14.3 Å². The van der Waals surface area contributed by atoms with E-state index in [1.165, 1.54) is 10.9 Å². The molecule has 2 aromatic heterocycles. The summed E-state index contributed by atoms with van der Waals surface area (Å²) in [7, 11) is 0. The second-order valence-electron chi connectivity index (χ2n) is 3.92. The predicted octanol–water partition coefficient (Wildman–Crippen LogP) is -2.44. The van der Waals surface area contributed by atoms with Gasteiger partial charge in [-0.15, -0.1) is 0 Å². The summed E-state index contributed by atoms with van der Waals surface area (Å²) in [6, 6.07) is 0. The standard InChI is InChI=1S/C9H10N5O4.Ba.H2O/c10-9-12-6-4(7(17)13-9)11-2-14(6)8-5(16)3(15)1-18-8;;/h1-3,5,8,15-16H,(H3,10,12,13,17);;1H2/q-1;+2;/p-1/t3-,5-,8-;;/m1../s1. The molecule has 0 amide bonds. The van der Waals surface area contributed by atoms with Crippen LogP contribution in [0.2, 0.25) is 0 Å². The molecule has 0 aromatic carbocycles. The molecule has 1 aliphatic heterocycles. The Kier molecular flexibility index (Phi) is 5.77. The van der Waals surface area contributed by atoms with Crippen LogP contribution in [-0.4, -0.2) is 96.3 Å². The zero-order valence-corrected chi connectivity index (χ0v) is 14.6. The maximum absolute atomic E-state index is 11.6.